The minimum atomic E-state index is -0.161. The van der Waals surface area contributed by atoms with E-state index < -0.39 is 0 Å². The van der Waals surface area contributed by atoms with Gasteiger partial charge in [0.15, 0.2) is 11.5 Å². The van der Waals surface area contributed by atoms with Crippen molar-refractivity contribution in [2.75, 3.05) is 27.9 Å². The topological polar surface area (TPSA) is 28.2 Å². The number of hydrogen-bond donors (Lipinski definition) is 0. The Balaban J connectivity index is 0.951. The molecule has 0 saturated carbocycles. The van der Waals surface area contributed by atoms with E-state index in [2.05, 4.69) is 305 Å². The highest BCUT2D eigenvalue weighted by molar-refractivity contribution is 7.00. The molecule has 0 fully saturated rings. The molecule has 86 heavy (non-hydrogen) atoms. The molecule has 5 nitrogen and oxygen atoms in total. The zero-order valence-electron chi connectivity index (χ0n) is 52.2. The van der Waals surface area contributed by atoms with Crippen LogP contribution in [0, 0.1) is 0 Å². The summed E-state index contributed by atoms with van der Waals surface area (Å²) < 4.78 is 13.0. The molecule has 0 amide bonds. The summed E-state index contributed by atoms with van der Waals surface area (Å²) in [5, 5.41) is 0. The van der Waals surface area contributed by atoms with Gasteiger partial charge in [0.1, 0.15) is 13.2 Å². The Bertz CT molecular complexity index is 4310. The maximum atomic E-state index is 6.49. The number of nitrogens with zero attached hydrogens (tertiary/aromatic N) is 3. The second kappa shape index (κ2) is 18.9. The van der Waals surface area contributed by atoms with Gasteiger partial charge in [-0.2, -0.15) is 0 Å². The number of anilines is 9. The van der Waals surface area contributed by atoms with E-state index in [9.17, 15) is 0 Å². The fraction of sp³-hybridized carbons (Fsp3) is 0.250. The van der Waals surface area contributed by atoms with E-state index in [1.807, 2.05) is 0 Å². The lowest BCUT2D eigenvalue weighted by Gasteiger charge is -2.45. The van der Waals surface area contributed by atoms with Crippen LogP contribution in [-0.4, -0.2) is 19.9 Å². The number of fused-ring (bicyclic) bond motifs is 11. The second-order valence-corrected chi connectivity index (χ2v) is 28.9. The van der Waals surface area contributed by atoms with Crippen molar-refractivity contribution in [1.29, 1.82) is 0 Å². The van der Waals surface area contributed by atoms with E-state index in [1.54, 1.807) is 0 Å². The van der Waals surface area contributed by atoms with E-state index in [4.69, 9.17) is 9.47 Å². The van der Waals surface area contributed by atoms with Crippen molar-refractivity contribution >= 4 is 74.3 Å². The molecule has 2 aliphatic carbocycles. The average molecular weight is 1120 g/mol. The van der Waals surface area contributed by atoms with Crippen molar-refractivity contribution in [2.24, 2.45) is 0 Å². The summed E-state index contributed by atoms with van der Waals surface area (Å²) in [5.41, 5.74) is 30.4. The van der Waals surface area contributed by atoms with Gasteiger partial charge in [-0.05, 0) is 190 Å². The van der Waals surface area contributed by atoms with E-state index in [0.717, 1.165) is 68.1 Å². The first-order chi connectivity index (χ1) is 41.0. The van der Waals surface area contributed by atoms with Crippen molar-refractivity contribution in [1.82, 2.24) is 0 Å². The van der Waals surface area contributed by atoms with Crippen molar-refractivity contribution in [3.8, 4) is 44.9 Å². The van der Waals surface area contributed by atoms with Crippen LogP contribution >= 0.6 is 0 Å². The van der Waals surface area contributed by atoms with Gasteiger partial charge < -0.3 is 24.2 Å². The highest BCUT2D eigenvalue weighted by Gasteiger charge is 2.46. The monoisotopic (exact) mass is 1120 g/mol. The largest absolute Gasteiger partial charge is 0.486 e. The summed E-state index contributed by atoms with van der Waals surface area (Å²) in [6.07, 6.45) is 0. The number of benzene rings is 10. The summed E-state index contributed by atoms with van der Waals surface area (Å²) in [7, 11) is 0. The normalized spacial score (nSPS) is 15.5. The molecule has 10 aromatic rings. The summed E-state index contributed by atoms with van der Waals surface area (Å²) in [4.78, 5) is 7.55. The van der Waals surface area contributed by atoms with Gasteiger partial charge >= 0.3 is 0 Å². The van der Waals surface area contributed by atoms with Gasteiger partial charge in [-0.25, -0.2) is 0 Å². The number of rotatable bonds is 6. The molecular weight excluding hydrogens is 1050 g/mol. The molecular formula is C80H76BN3O2. The lowest BCUT2D eigenvalue weighted by molar-refractivity contribution is 0.172. The zero-order valence-corrected chi connectivity index (χ0v) is 52.2. The van der Waals surface area contributed by atoms with Gasteiger partial charge in [-0.15, -0.1) is 0 Å². The van der Waals surface area contributed by atoms with Crippen LogP contribution in [0.3, 0.4) is 0 Å². The third-order valence-electron chi connectivity index (χ3n) is 19.7. The average Bonchev–Trinajstić information content (AvgIpc) is 1.04. The quantitative estimate of drug-likeness (QED) is 0.155. The van der Waals surface area contributed by atoms with Crippen molar-refractivity contribution in [3.05, 3.63) is 239 Å². The molecule has 15 rings (SSSR count). The zero-order chi connectivity index (χ0) is 59.6. The SMILES string of the molecule is CC(C)(C)c1ccc(N2c3ccc(C(C)(C)C)cc3B3c4cc5c(cc4N(c4ccc(C(C)(C)C)cc4)c4cc(-c6ccc(N(c7ccc8c(c7)C(C)(C)c7ccccc7-8)c7ccc8c(c7)C(C)(C)c7ccccc7-8)cc6)cc2c43)OCCO5)cc1. The van der Waals surface area contributed by atoms with Gasteiger partial charge in [0.2, 0.25) is 0 Å². The maximum Gasteiger partial charge on any atom is 0.252 e. The lowest BCUT2D eigenvalue weighted by atomic mass is 9.33. The molecule has 0 N–H and O–H groups in total. The first-order valence-electron chi connectivity index (χ1n) is 31.0. The molecule has 0 spiro atoms. The van der Waals surface area contributed by atoms with Crippen LogP contribution in [0.15, 0.2) is 200 Å². The second-order valence-electron chi connectivity index (χ2n) is 28.9. The molecule has 0 unspecified atom stereocenters. The van der Waals surface area contributed by atoms with Crippen LogP contribution < -0.4 is 40.6 Å². The fourth-order valence-electron chi connectivity index (χ4n) is 14.9. The van der Waals surface area contributed by atoms with Crippen molar-refractivity contribution in [3.63, 3.8) is 0 Å². The van der Waals surface area contributed by atoms with Crippen molar-refractivity contribution < 1.29 is 9.47 Å². The summed E-state index contributed by atoms with van der Waals surface area (Å²) in [5.74, 6) is 1.57. The molecule has 0 atom stereocenters. The number of ether oxygens (including phenoxy) is 2. The summed E-state index contributed by atoms with van der Waals surface area (Å²) in [6, 6.07) is 76.9. The van der Waals surface area contributed by atoms with Crippen LogP contribution in [0.4, 0.5) is 51.2 Å². The van der Waals surface area contributed by atoms with Gasteiger partial charge in [-0.1, -0.05) is 199 Å². The predicted molar refractivity (Wildman–Crippen MR) is 363 cm³/mol. The highest BCUT2D eigenvalue weighted by atomic mass is 16.6. The van der Waals surface area contributed by atoms with Crippen LogP contribution in [0.1, 0.15) is 129 Å². The van der Waals surface area contributed by atoms with E-state index in [-0.39, 0.29) is 33.8 Å². The molecule has 0 aromatic heterocycles. The third kappa shape index (κ3) is 8.33. The molecule has 6 heteroatoms. The molecule has 10 aromatic carbocycles. The van der Waals surface area contributed by atoms with Gasteiger partial charge in [-0.3, -0.25) is 0 Å². The Morgan fingerprint density at radius 2 is 0.802 bits per heavy atom. The van der Waals surface area contributed by atoms with Crippen LogP contribution in [0.2, 0.25) is 0 Å². The maximum absolute atomic E-state index is 6.49. The highest BCUT2D eigenvalue weighted by Crippen LogP contribution is 2.55. The minimum Gasteiger partial charge on any atom is -0.486 e. The minimum absolute atomic E-state index is 0.00445. The Hall–Kier alpha value is -8.74. The van der Waals surface area contributed by atoms with Gasteiger partial charge in [0.05, 0.1) is 0 Å². The predicted octanol–water partition coefficient (Wildman–Crippen LogP) is 19.2. The fourth-order valence-corrected chi connectivity index (χ4v) is 14.9. The Kier molecular flexibility index (Phi) is 11.8. The Morgan fingerprint density at radius 3 is 1.30 bits per heavy atom. The molecule has 3 aliphatic heterocycles. The van der Waals surface area contributed by atoms with Crippen LogP contribution in [0.5, 0.6) is 11.5 Å². The van der Waals surface area contributed by atoms with E-state index in [1.165, 1.54) is 83.3 Å². The first-order valence-corrected chi connectivity index (χ1v) is 31.0. The smallest absolute Gasteiger partial charge is 0.252 e. The van der Waals surface area contributed by atoms with E-state index in [0.29, 0.717) is 13.2 Å². The van der Waals surface area contributed by atoms with Gasteiger partial charge in [0.25, 0.3) is 6.71 Å². The van der Waals surface area contributed by atoms with Crippen LogP contribution in [-0.2, 0) is 27.1 Å². The third-order valence-corrected chi connectivity index (χ3v) is 19.7. The number of hydrogen-bond acceptors (Lipinski definition) is 5. The van der Waals surface area contributed by atoms with Crippen LogP contribution in [0.25, 0.3) is 33.4 Å². The standard InChI is InChI=1S/C80H76BN3O2/c1-76(2,3)51-24-31-55(32-25-51)83-69-39-28-53(78(7,8)9)44-67(69)81-68-47-73-74(86-41-40-85-73)48-70(68)84(56-33-26-52(27-34-56)77(4,5)6)72-43-50(42-71(83)75(72)81)49-22-29-54(30-23-49)82(57-35-37-61-59-18-14-16-20-63(59)79(10,11)65(61)45-57)58-36-38-62-60-19-15-17-21-64(60)80(12,13)66(62)46-58/h14-39,42-48H,40-41H2,1-13H3. The molecule has 426 valence electrons. The molecule has 0 saturated heterocycles. The molecule has 3 heterocycles. The molecule has 0 bridgehead atoms. The first kappa shape index (κ1) is 54.0. The van der Waals surface area contributed by atoms with E-state index >= 15 is 0 Å². The molecule has 0 radical (unpaired) electrons. The Labute approximate surface area is 510 Å². The van der Waals surface area contributed by atoms with Crippen molar-refractivity contribution in [2.45, 2.75) is 117 Å². The molecule has 5 aliphatic rings. The summed E-state index contributed by atoms with van der Waals surface area (Å²) >= 11 is 0. The van der Waals surface area contributed by atoms with Gasteiger partial charge in [0, 0.05) is 68.1 Å². The summed E-state index contributed by atoms with van der Waals surface area (Å²) in [6.45, 7) is 31.2. The Morgan fingerprint density at radius 1 is 0.372 bits per heavy atom. The lowest BCUT2D eigenvalue weighted by Crippen LogP contribution is -2.61.